The number of benzene rings is 2. The number of nitrogens with one attached hydrogen (secondary N) is 1. The number of nitrogens with zero attached hydrogens (tertiary/aromatic N) is 3. The number of carbonyl (C=O) groups excluding carboxylic acids is 3. The van der Waals surface area contributed by atoms with Crippen LogP contribution in [0.2, 0.25) is 0 Å². The SMILES string of the molecule is Cc1cc2n(n1)CCCN2C(=O)CCC(=O)Nc1ccccc1C(=O)c1ccccc1. The van der Waals surface area contributed by atoms with Crippen LogP contribution in [0.3, 0.4) is 0 Å². The van der Waals surface area contributed by atoms with E-state index < -0.39 is 0 Å². The Bertz CT molecular complexity index is 1120. The third-order valence-corrected chi connectivity index (χ3v) is 5.26. The molecule has 7 heteroatoms. The van der Waals surface area contributed by atoms with Gasteiger partial charge in [-0.25, -0.2) is 4.68 Å². The van der Waals surface area contributed by atoms with E-state index in [0.717, 1.165) is 24.5 Å². The molecule has 1 N–H and O–H groups in total. The molecule has 0 unspecified atom stereocenters. The monoisotopic (exact) mass is 416 g/mol. The highest BCUT2D eigenvalue weighted by Crippen LogP contribution is 2.23. The number of aromatic nitrogens is 2. The smallest absolute Gasteiger partial charge is 0.228 e. The lowest BCUT2D eigenvalue weighted by Crippen LogP contribution is -2.37. The summed E-state index contributed by atoms with van der Waals surface area (Å²) in [5.74, 6) is 0.213. The van der Waals surface area contributed by atoms with Crippen LogP contribution in [-0.4, -0.2) is 33.9 Å². The van der Waals surface area contributed by atoms with Crippen molar-refractivity contribution in [3.8, 4) is 0 Å². The van der Waals surface area contributed by atoms with Crippen LogP contribution in [0.15, 0.2) is 60.7 Å². The summed E-state index contributed by atoms with van der Waals surface area (Å²) < 4.78 is 1.84. The van der Waals surface area contributed by atoms with Gasteiger partial charge in [-0.15, -0.1) is 0 Å². The maximum Gasteiger partial charge on any atom is 0.228 e. The van der Waals surface area contributed by atoms with E-state index in [2.05, 4.69) is 10.4 Å². The second-order valence-electron chi connectivity index (χ2n) is 7.55. The molecule has 158 valence electrons. The molecule has 0 spiro atoms. The molecule has 2 amide bonds. The lowest BCUT2D eigenvalue weighted by molar-refractivity contribution is -0.122. The predicted octanol–water partition coefficient (Wildman–Crippen LogP) is 3.58. The van der Waals surface area contributed by atoms with Gasteiger partial charge in [0.2, 0.25) is 11.8 Å². The summed E-state index contributed by atoms with van der Waals surface area (Å²) >= 11 is 0. The van der Waals surface area contributed by atoms with E-state index in [0.29, 0.717) is 23.4 Å². The van der Waals surface area contributed by atoms with Crippen LogP contribution in [0.4, 0.5) is 11.5 Å². The molecule has 0 atom stereocenters. The first-order chi connectivity index (χ1) is 15.0. The van der Waals surface area contributed by atoms with Crippen molar-refractivity contribution in [1.82, 2.24) is 9.78 Å². The number of carbonyl (C=O) groups is 3. The molecule has 1 aromatic heterocycles. The van der Waals surface area contributed by atoms with Crippen molar-refractivity contribution < 1.29 is 14.4 Å². The van der Waals surface area contributed by atoms with Gasteiger partial charge in [-0.2, -0.15) is 5.10 Å². The summed E-state index contributed by atoms with van der Waals surface area (Å²) in [6, 6.07) is 17.7. The second kappa shape index (κ2) is 8.95. The maximum absolute atomic E-state index is 12.8. The van der Waals surface area contributed by atoms with Crippen molar-refractivity contribution in [3.63, 3.8) is 0 Å². The third kappa shape index (κ3) is 4.55. The van der Waals surface area contributed by atoms with E-state index in [1.54, 1.807) is 53.4 Å². The lowest BCUT2D eigenvalue weighted by Gasteiger charge is -2.27. The number of ketones is 1. The Hall–Kier alpha value is -3.74. The van der Waals surface area contributed by atoms with E-state index in [1.165, 1.54) is 0 Å². The highest BCUT2D eigenvalue weighted by Gasteiger charge is 2.24. The molecule has 1 aliphatic rings. The summed E-state index contributed by atoms with van der Waals surface area (Å²) in [6.07, 6.45) is 0.961. The quantitative estimate of drug-likeness (QED) is 0.623. The highest BCUT2D eigenvalue weighted by molar-refractivity contribution is 6.14. The Morgan fingerprint density at radius 2 is 1.71 bits per heavy atom. The van der Waals surface area contributed by atoms with Crippen LogP contribution in [0.25, 0.3) is 0 Å². The Morgan fingerprint density at radius 1 is 0.968 bits per heavy atom. The van der Waals surface area contributed by atoms with E-state index in [4.69, 9.17) is 0 Å². The zero-order valence-electron chi connectivity index (χ0n) is 17.4. The Kier molecular flexibility index (Phi) is 5.93. The van der Waals surface area contributed by atoms with Crippen LogP contribution in [0, 0.1) is 6.92 Å². The normalized spacial score (nSPS) is 12.9. The van der Waals surface area contributed by atoms with Crippen molar-refractivity contribution in [1.29, 1.82) is 0 Å². The van der Waals surface area contributed by atoms with Gasteiger partial charge in [-0.3, -0.25) is 19.3 Å². The minimum atomic E-state index is -0.302. The first-order valence-corrected chi connectivity index (χ1v) is 10.4. The zero-order chi connectivity index (χ0) is 21.8. The molecule has 3 aromatic rings. The largest absolute Gasteiger partial charge is 0.325 e. The molecule has 0 fully saturated rings. The minimum Gasteiger partial charge on any atom is -0.325 e. The number of hydrogen-bond donors (Lipinski definition) is 1. The van der Waals surface area contributed by atoms with Crippen LogP contribution >= 0.6 is 0 Å². The fourth-order valence-electron chi connectivity index (χ4n) is 3.76. The lowest BCUT2D eigenvalue weighted by atomic mass is 10.0. The van der Waals surface area contributed by atoms with E-state index in [-0.39, 0.29) is 30.4 Å². The van der Waals surface area contributed by atoms with Crippen molar-refractivity contribution in [2.45, 2.75) is 32.7 Å². The van der Waals surface area contributed by atoms with Gasteiger partial charge in [0.25, 0.3) is 0 Å². The van der Waals surface area contributed by atoms with E-state index in [9.17, 15) is 14.4 Å². The standard InChI is InChI=1S/C24H24N4O3/c1-17-16-22-27(14-7-15-28(22)26-17)23(30)13-12-21(29)25-20-11-6-5-10-19(20)24(31)18-8-3-2-4-9-18/h2-6,8-11,16H,7,12-15H2,1H3,(H,25,29). The first-order valence-electron chi connectivity index (χ1n) is 10.4. The summed E-state index contributed by atoms with van der Waals surface area (Å²) in [4.78, 5) is 39.8. The number of aryl methyl sites for hydroxylation is 2. The number of amides is 2. The van der Waals surface area contributed by atoms with Gasteiger partial charge in [0.05, 0.1) is 11.4 Å². The number of fused-ring (bicyclic) bond motifs is 1. The van der Waals surface area contributed by atoms with Gasteiger partial charge in [-0.1, -0.05) is 42.5 Å². The molecule has 31 heavy (non-hydrogen) atoms. The summed E-state index contributed by atoms with van der Waals surface area (Å²) in [7, 11) is 0. The molecule has 0 radical (unpaired) electrons. The van der Waals surface area contributed by atoms with Gasteiger partial charge in [0.15, 0.2) is 5.78 Å². The molecule has 1 aliphatic heterocycles. The van der Waals surface area contributed by atoms with Crippen LogP contribution in [-0.2, 0) is 16.1 Å². The van der Waals surface area contributed by atoms with Gasteiger partial charge in [0.1, 0.15) is 5.82 Å². The molecule has 2 heterocycles. The zero-order valence-corrected chi connectivity index (χ0v) is 17.4. The first kappa shape index (κ1) is 20.5. The van der Waals surface area contributed by atoms with Crippen molar-refractivity contribution in [2.24, 2.45) is 0 Å². The molecule has 0 saturated heterocycles. The predicted molar refractivity (Wildman–Crippen MR) is 118 cm³/mol. The molecule has 0 aliphatic carbocycles. The summed E-state index contributed by atoms with van der Waals surface area (Å²) in [5.41, 5.74) is 2.28. The third-order valence-electron chi connectivity index (χ3n) is 5.26. The minimum absolute atomic E-state index is 0.0380. The van der Waals surface area contributed by atoms with Crippen molar-refractivity contribution >= 4 is 29.1 Å². The van der Waals surface area contributed by atoms with Gasteiger partial charge < -0.3 is 5.32 Å². The number of hydrogen-bond acceptors (Lipinski definition) is 4. The fourth-order valence-corrected chi connectivity index (χ4v) is 3.76. The molecule has 7 nitrogen and oxygen atoms in total. The Morgan fingerprint density at radius 3 is 2.52 bits per heavy atom. The topological polar surface area (TPSA) is 84.3 Å². The molecular weight excluding hydrogens is 392 g/mol. The molecule has 0 bridgehead atoms. The van der Waals surface area contributed by atoms with Crippen molar-refractivity contribution in [2.75, 3.05) is 16.8 Å². The van der Waals surface area contributed by atoms with Gasteiger partial charge >= 0.3 is 0 Å². The number of rotatable bonds is 6. The van der Waals surface area contributed by atoms with Crippen molar-refractivity contribution in [3.05, 3.63) is 77.5 Å². The number of anilines is 2. The average molecular weight is 416 g/mol. The Labute approximate surface area is 180 Å². The molecule has 0 saturated carbocycles. The molecule has 4 rings (SSSR count). The number of para-hydroxylation sites is 1. The molecule has 2 aromatic carbocycles. The Balaban J connectivity index is 1.40. The average Bonchev–Trinajstić information content (AvgIpc) is 3.18. The van der Waals surface area contributed by atoms with Gasteiger partial charge in [0, 0.05) is 43.1 Å². The summed E-state index contributed by atoms with van der Waals surface area (Å²) in [5, 5.41) is 7.19. The van der Waals surface area contributed by atoms with Crippen LogP contribution in [0.1, 0.15) is 40.9 Å². The van der Waals surface area contributed by atoms with Crippen LogP contribution in [0.5, 0.6) is 0 Å². The fraction of sp³-hybridized carbons (Fsp3) is 0.250. The van der Waals surface area contributed by atoms with E-state index >= 15 is 0 Å². The highest BCUT2D eigenvalue weighted by atomic mass is 16.2. The maximum atomic E-state index is 12.8. The van der Waals surface area contributed by atoms with Gasteiger partial charge in [-0.05, 0) is 25.5 Å². The second-order valence-corrected chi connectivity index (χ2v) is 7.55. The van der Waals surface area contributed by atoms with E-state index in [1.807, 2.05) is 23.7 Å². The molecular formula is C24H24N4O3. The summed E-state index contributed by atoms with van der Waals surface area (Å²) in [6.45, 7) is 3.31. The van der Waals surface area contributed by atoms with Crippen LogP contribution < -0.4 is 10.2 Å².